The van der Waals surface area contributed by atoms with E-state index in [9.17, 15) is 0 Å². The fourth-order valence-corrected chi connectivity index (χ4v) is 0.857. The summed E-state index contributed by atoms with van der Waals surface area (Å²) in [4.78, 5) is 7.22. The summed E-state index contributed by atoms with van der Waals surface area (Å²) in [5.41, 5.74) is 0. The quantitative estimate of drug-likeness (QED) is 0.540. The van der Waals surface area contributed by atoms with E-state index in [1.54, 1.807) is 12.4 Å². The van der Waals surface area contributed by atoms with Crippen molar-refractivity contribution in [3.8, 4) is 0 Å². The van der Waals surface area contributed by atoms with E-state index in [0.29, 0.717) is 0 Å². The predicted octanol–water partition coefficient (Wildman–Crippen LogP) is 0.197. The number of imidazole rings is 2. The van der Waals surface area contributed by atoms with Crippen LogP contribution in [0.15, 0.2) is 31.1 Å². The summed E-state index contributed by atoms with van der Waals surface area (Å²) in [6, 6.07) is 0. The molecule has 0 radical (unpaired) electrons. The molecule has 70 valence electrons. The molecule has 0 amide bonds. The molecule has 0 aromatic carbocycles. The van der Waals surface area contributed by atoms with Gasteiger partial charge in [0.1, 0.15) is 12.4 Å². The summed E-state index contributed by atoms with van der Waals surface area (Å²) in [7, 11) is 4.07. The van der Waals surface area contributed by atoms with Crippen molar-refractivity contribution in [2.45, 2.75) is 6.92 Å². The molecule has 4 heteroatoms. The highest BCUT2D eigenvalue weighted by molar-refractivity contribution is 4.75. The van der Waals surface area contributed by atoms with Crippen LogP contribution in [0.2, 0.25) is 0 Å². The fourth-order valence-electron chi connectivity index (χ4n) is 0.857. The molecule has 0 aliphatic heterocycles. The molecule has 2 rings (SSSR count). The molecular formula is C9H14N4. The zero-order chi connectivity index (χ0) is 9.68. The third-order valence-electron chi connectivity index (χ3n) is 1.91. The molecule has 4 nitrogen and oxygen atoms in total. The largest absolute Gasteiger partial charge is 0.450 e. The lowest BCUT2D eigenvalue weighted by Gasteiger charge is -1.84. The molecule has 0 atom stereocenters. The Bertz CT molecular complexity index is 298. The van der Waals surface area contributed by atoms with Gasteiger partial charge in [-0.3, -0.25) is 0 Å². The maximum atomic E-state index is 3.61. The van der Waals surface area contributed by atoms with E-state index in [0.717, 1.165) is 0 Å². The van der Waals surface area contributed by atoms with E-state index in [-0.39, 0.29) is 0 Å². The molecule has 0 N–H and O–H groups in total. The Morgan fingerprint density at radius 2 is 2.31 bits per heavy atom. The van der Waals surface area contributed by atoms with E-state index in [1.807, 2.05) is 26.5 Å². The van der Waals surface area contributed by atoms with Gasteiger partial charge in [-0.15, -0.1) is 0 Å². The minimum Gasteiger partial charge on any atom is -0.450 e. The molecule has 2 aromatic heterocycles. The third kappa shape index (κ3) is 2.74. The van der Waals surface area contributed by atoms with Gasteiger partial charge in [0.15, 0.2) is 0 Å². The standard InChI is InChI=1S/C6H11N2.C3H3N2/c1-6-7(2)4-5-8(6)3;1-2-5-3-4-1/h4-5H,1-3H3;1-3H/q+1;-1. The van der Waals surface area contributed by atoms with Gasteiger partial charge < -0.3 is 9.97 Å². The maximum absolute atomic E-state index is 3.61. The highest BCUT2D eigenvalue weighted by Gasteiger charge is 2.00. The van der Waals surface area contributed by atoms with Crippen LogP contribution in [-0.4, -0.2) is 9.55 Å². The van der Waals surface area contributed by atoms with E-state index in [1.165, 1.54) is 12.2 Å². The number of aryl methyl sites for hydroxylation is 2. The molecule has 2 heterocycles. The Labute approximate surface area is 77.9 Å². The molecule has 0 aliphatic carbocycles. The Kier molecular flexibility index (Phi) is 3.25. The molecule has 0 saturated heterocycles. The van der Waals surface area contributed by atoms with Crippen LogP contribution >= 0.6 is 0 Å². The van der Waals surface area contributed by atoms with Gasteiger partial charge in [0.2, 0.25) is 0 Å². The summed E-state index contributed by atoms with van der Waals surface area (Å²) >= 11 is 0. The third-order valence-corrected chi connectivity index (χ3v) is 1.91. The summed E-state index contributed by atoms with van der Waals surface area (Å²) in [6.07, 6.45) is 8.85. The van der Waals surface area contributed by atoms with Gasteiger partial charge in [-0.1, -0.05) is 18.7 Å². The molecular weight excluding hydrogens is 164 g/mol. The Morgan fingerprint density at radius 1 is 1.54 bits per heavy atom. The van der Waals surface area contributed by atoms with Crippen molar-refractivity contribution in [3.63, 3.8) is 0 Å². The zero-order valence-corrected chi connectivity index (χ0v) is 8.18. The first-order valence-electron chi connectivity index (χ1n) is 4.06. The van der Waals surface area contributed by atoms with E-state index < -0.39 is 0 Å². The molecule has 0 unspecified atom stereocenters. The average Bonchev–Trinajstić information content (AvgIpc) is 2.75. The van der Waals surface area contributed by atoms with Crippen molar-refractivity contribution in [1.82, 2.24) is 14.5 Å². The lowest BCUT2D eigenvalue weighted by Crippen LogP contribution is -2.29. The predicted molar refractivity (Wildman–Crippen MR) is 48.9 cm³/mol. The van der Waals surface area contributed by atoms with Crippen molar-refractivity contribution in [2.75, 3.05) is 0 Å². The maximum Gasteiger partial charge on any atom is 0.252 e. The summed E-state index contributed by atoms with van der Waals surface area (Å²) in [5.74, 6) is 1.27. The fraction of sp³-hybridized carbons (Fsp3) is 0.333. The van der Waals surface area contributed by atoms with Gasteiger partial charge in [0.25, 0.3) is 5.82 Å². The molecule has 0 bridgehead atoms. The van der Waals surface area contributed by atoms with Gasteiger partial charge in [-0.05, 0) is 0 Å². The first-order valence-corrected chi connectivity index (χ1v) is 4.06. The second kappa shape index (κ2) is 4.45. The molecule has 0 saturated carbocycles. The second-order valence-electron chi connectivity index (χ2n) is 2.78. The first-order chi connectivity index (χ1) is 6.22. The van der Waals surface area contributed by atoms with Gasteiger partial charge >= 0.3 is 0 Å². The lowest BCUT2D eigenvalue weighted by atomic mass is 10.7. The van der Waals surface area contributed by atoms with Crippen LogP contribution in [0, 0.1) is 6.92 Å². The Morgan fingerprint density at radius 3 is 2.46 bits per heavy atom. The highest BCUT2D eigenvalue weighted by atomic mass is 15.1. The first kappa shape index (κ1) is 9.51. The van der Waals surface area contributed by atoms with Crippen LogP contribution in [0.4, 0.5) is 0 Å². The summed E-state index contributed by atoms with van der Waals surface area (Å²) in [5, 5.41) is 0. The van der Waals surface area contributed by atoms with Crippen LogP contribution in [0.5, 0.6) is 0 Å². The molecule has 0 aliphatic rings. The highest BCUT2D eigenvalue weighted by Crippen LogP contribution is 1.84. The topological polar surface area (TPSA) is 35.8 Å². The van der Waals surface area contributed by atoms with Crippen LogP contribution in [0.3, 0.4) is 0 Å². The van der Waals surface area contributed by atoms with Gasteiger partial charge in [0, 0.05) is 6.92 Å². The van der Waals surface area contributed by atoms with Crippen molar-refractivity contribution in [3.05, 3.63) is 36.9 Å². The number of aromatic nitrogens is 4. The van der Waals surface area contributed by atoms with Crippen molar-refractivity contribution in [1.29, 1.82) is 0 Å². The number of rotatable bonds is 0. The van der Waals surface area contributed by atoms with Gasteiger partial charge in [-0.25, -0.2) is 9.13 Å². The lowest BCUT2D eigenvalue weighted by molar-refractivity contribution is -0.677. The Hall–Kier alpha value is -1.58. The number of hydrogen-bond acceptors (Lipinski definition) is 1. The van der Waals surface area contributed by atoms with Crippen LogP contribution < -0.4 is 9.55 Å². The molecule has 2 aromatic rings. The smallest absolute Gasteiger partial charge is 0.252 e. The summed E-state index contributed by atoms with van der Waals surface area (Å²) < 4.78 is 4.17. The molecule has 0 fully saturated rings. The number of nitrogens with zero attached hydrogens (tertiary/aromatic N) is 4. The average molecular weight is 178 g/mol. The minimum absolute atomic E-state index is 1.27. The van der Waals surface area contributed by atoms with E-state index in [2.05, 4.69) is 26.0 Å². The van der Waals surface area contributed by atoms with Crippen LogP contribution in [0.25, 0.3) is 0 Å². The summed E-state index contributed by atoms with van der Waals surface area (Å²) in [6.45, 7) is 2.08. The van der Waals surface area contributed by atoms with E-state index in [4.69, 9.17) is 0 Å². The van der Waals surface area contributed by atoms with Crippen molar-refractivity contribution < 1.29 is 4.57 Å². The Balaban J connectivity index is 0.000000145. The number of hydrogen-bond donors (Lipinski definition) is 0. The van der Waals surface area contributed by atoms with Gasteiger partial charge in [0.05, 0.1) is 14.1 Å². The second-order valence-corrected chi connectivity index (χ2v) is 2.78. The van der Waals surface area contributed by atoms with Crippen LogP contribution in [0.1, 0.15) is 5.82 Å². The van der Waals surface area contributed by atoms with Crippen molar-refractivity contribution >= 4 is 0 Å². The van der Waals surface area contributed by atoms with E-state index >= 15 is 0 Å². The van der Waals surface area contributed by atoms with Crippen LogP contribution in [-0.2, 0) is 14.1 Å². The van der Waals surface area contributed by atoms with Crippen molar-refractivity contribution in [2.24, 2.45) is 14.1 Å². The molecule has 13 heavy (non-hydrogen) atoms. The van der Waals surface area contributed by atoms with Gasteiger partial charge in [-0.2, -0.15) is 0 Å². The SMILES string of the molecule is Cc1n(C)cc[n+]1C.c1c[n-]cn1. The molecule has 0 spiro atoms. The monoisotopic (exact) mass is 178 g/mol. The zero-order valence-electron chi connectivity index (χ0n) is 8.18. The minimum atomic E-state index is 1.27. The normalized spacial score (nSPS) is 9.15.